The molecule has 118 valence electrons. The first kappa shape index (κ1) is 17.2. The lowest BCUT2D eigenvalue weighted by atomic mass is 9.99. The van der Waals surface area contributed by atoms with E-state index in [-0.39, 0.29) is 11.6 Å². The van der Waals surface area contributed by atoms with Gasteiger partial charge in [0.15, 0.2) is 0 Å². The third-order valence-corrected chi connectivity index (χ3v) is 4.20. The molecular weight excluding hydrogens is 280 g/mol. The average Bonchev–Trinajstić information content (AvgIpc) is 2.28. The Hall–Kier alpha value is -0.860. The first-order chi connectivity index (χ1) is 9.03. The molecule has 1 fully saturated rings. The predicted molar refractivity (Wildman–Crippen MR) is 79.2 cm³/mol. The number of urea groups is 1. The van der Waals surface area contributed by atoms with Crippen LogP contribution in [0.4, 0.5) is 4.79 Å². The van der Waals surface area contributed by atoms with E-state index in [1.807, 2.05) is 4.90 Å². The summed E-state index contributed by atoms with van der Waals surface area (Å²) in [5, 5.41) is 0. The number of carbonyl (C=O) groups excluding carboxylic acids is 1. The molecule has 2 amide bonds. The topological polar surface area (TPSA) is 73.0 Å². The van der Waals surface area contributed by atoms with Crippen LogP contribution in [0.5, 0.6) is 0 Å². The van der Waals surface area contributed by atoms with Gasteiger partial charge < -0.3 is 9.80 Å². The van der Waals surface area contributed by atoms with Crippen LogP contribution in [-0.4, -0.2) is 87.8 Å². The Kier molecular flexibility index (Phi) is 5.39. The molecule has 0 aromatic heterocycles. The summed E-state index contributed by atoms with van der Waals surface area (Å²) in [5.74, 6) is 0. The summed E-state index contributed by atoms with van der Waals surface area (Å²) >= 11 is 0. The molecule has 0 spiro atoms. The summed E-state index contributed by atoms with van der Waals surface area (Å²) in [7, 11) is 0.350. The Labute approximate surface area is 121 Å². The summed E-state index contributed by atoms with van der Waals surface area (Å²) in [4.78, 5) is 17.6. The smallest absolute Gasteiger partial charge is 0.319 e. The highest BCUT2D eigenvalue weighted by Gasteiger charge is 2.35. The summed E-state index contributed by atoms with van der Waals surface area (Å²) in [6.07, 6.45) is 1.16. The van der Waals surface area contributed by atoms with Gasteiger partial charge >= 0.3 is 6.03 Å². The van der Waals surface area contributed by atoms with Crippen molar-refractivity contribution in [1.29, 1.82) is 0 Å². The minimum absolute atomic E-state index is 0.0204. The third-order valence-electron chi connectivity index (χ3n) is 3.47. The fourth-order valence-electron chi connectivity index (χ4n) is 2.42. The fourth-order valence-corrected chi connectivity index (χ4v) is 2.88. The van der Waals surface area contributed by atoms with Crippen molar-refractivity contribution >= 4 is 16.1 Å². The summed E-state index contributed by atoms with van der Waals surface area (Å²) in [5.41, 5.74) is -0.164. The second-order valence-electron chi connectivity index (χ2n) is 6.06. The van der Waals surface area contributed by atoms with Gasteiger partial charge in [0.2, 0.25) is 10.0 Å². The number of piperazine rings is 1. The highest BCUT2D eigenvalue weighted by Crippen LogP contribution is 2.20. The van der Waals surface area contributed by atoms with Crippen molar-refractivity contribution in [2.45, 2.75) is 19.4 Å². The van der Waals surface area contributed by atoms with Crippen LogP contribution in [0.15, 0.2) is 0 Å². The molecule has 1 aliphatic rings. The lowest BCUT2D eigenvalue weighted by Crippen LogP contribution is -2.62. The molecule has 20 heavy (non-hydrogen) atoms. The van der Waals surface area contributed by atoms with E-state index >= 15 is 0 Å². The van der Waals surface area contributed by atoms with Crippen LogP contribution in [-0.2, 0) is 10.0 Å². The van der Waals surface area contributed by atoms with Gasteiger partial charge in [0.1, 0.15) is 0 Å². The molecule has 1 saturated heterocycles. The zero-order chi connectivity index (χ0) is 15.6. The molecule has 0 unspecified atom stereocenters. The van der Waals surface area contributed by atoms with E-state index < -0.39 is 10.0 Å². The van der Waals surface area contributed by atoms with Crippen LogP contribution in [0.2, 0.25) is 0 Å². The van der Waals surface area contributed by atoms with Gasteiger partial charge in [-0.2, -0.15) is 0 Å². The molecule has 0 aromatic carbocycles. The number of hydrogen-bond acceptors (Lipinski definition) is 4. The molecule has 0 aliphatic carbocycles. The van der Waals surface area contributed by atoms with Gasteiger partial charge in [-0.05, 0) is 13.8 Å². The SMILES string of the molecule is CN(C)C(=O)N1CCN(CCNS(C)(=O)=O)C(C)(C)C1. The summed E-state index contributed by atoms with van der Waals surface area (Å²) in [6, 6.07) is 0.0204. The lowest BCUT2D eigenvalue weighted by molar-refractivity contribution is 0.0321. The van der Waals surface area contributed by atoms with E-state index in [1.54, 1.807) is 19.0 Å². The molecule has 8 heteroatoms. The molecule has 0 saturated carbocycles. The maximum Gasteiger partial charge on any atom is 0.319 e. The minimum Gasteiger partial charge on any atom is -0.331 e. The quantitative estimate of drug-likeness (QED) is 0.768. The number of rotatable bonds is 4. The van der Waals surface area contributed by atoms with E-state index in [2.05, 4.69) is 23.5 Å². The molecule has 0 atom stereocenters. The van der Waals surface area contributed by atoms with E-state index in [9.17, 15) is 13.2 Å². The van der Waals surface area contributed by atoms with E-state index in [4.69, 9.17) is 0 Å². The maximum atomic E-state index is 12.0. The first-order valence-corrected chi connectivity index (χ1v) is 8.58. The molecule has 0 radical (unpaired) electrons. The summed E-state index contributed by atoms with van der Waals surface area (Å²) < 4.78 is 24.6. The van der Waals surface area contributed by atoms with Crippen molar-refractivity contribution in [2.24, 2.45) is 0 Å². The van der Waals surface area contributed by atoms with Gasteiger partial charge in [0, 0.05) is 52.4 Å². The van der Waals surface area contributed by atoms with Crippen LogP contribution >= 0.6 is 0 Å². The Balaban J connectivity index is 2.56. The lowest BCUT2D eigenvalue weighted by Gasteiger charge is -2.47. The molecule has 1 N–H and O–H groups in total. The van der Waals surface area contributed by atoms with Gasteiger partial charge in [-0.1, -0.05) is 0 Å². The molecular formula is C12H26N4O3S. The fraction of sp³-hybridized carbons (Fsp3) is 0.917. The van der Waals surface area contributed by atoms with Crippen molar-refractivity contribution in [3.05, 3.63) is 0 Å². The van der Waals surface area contributed by atoms with Gasteiger partial charge in [-0.3, -0.25) is 4.90 Å². The largest absolute Gasteiger partial charge is 0.331 e. The number of nitrogens with one attached hydrogen (secondary N) is 1. The van der Waals surface area contributed by atoms with Crippen molar-refractivity contribution < 1.29 is 13.2 Å². The van der Waals surface area contributed by atoms with E-state index in [0.29, 0.717) is 26.2 Å². The van der Waals surface area contributed by atoms with Crippen LogP contribution in [0, 0.1) is 0 Å². The maximum absolute atomic E-state index is 12.0. The zero-order valence-electron chi connectivity index (χ0n) is 13.0. The summed E-state index contributed by atoms with van der Waals surface area (Å²) in [6.45, 7) is 7.24. The Morgan fingerprint density at radius 1 is 1.30 bits per heavy atom. The Morgan fingerprint density at radius 3 is 2.35 bits per heavy atom. The van der Waals surface area contributed by atoms with E-state index in [0.717, 1.165) is 12.8 Å². The molecule has 1 heterocycles. The average molecular weight is 306 g/mol. The van der Waals surface area contributed by atoms with Crippen molar-refractivity contribution in [2.75, 3.05) is 53.1 Å². The standard InChI is InChI=1S/C12H26N4O3S/c1-12(2)10-15(11(17)14(3)4)8-9-16(12)7-6-13-20(5,18)19/h13H,6-10H2,1-5H3. The van der Waals surface area contributed by atoms with Crippen molar-refractivity contribution in [1.82, 2.24) is 19.4 Å². The number of sulfonamides is 1. The zero-order valence-corrected chi connectivity index (χ0v) is 13.8. The number of amides is 2. The van der Waals surface area contributed by atoms with Crippen LogP contribution in [0.3, 0.4) is 0 Å². The molecule has 0 aromatic rings. The Bertz CT molecular complexity index is 448. The number of hydrogen-bond donors (Lipinski definition) is 1. The highest BCUT2D eigenvalue weighted by molar-refractivity contribution is 7.88. The van der Waals surface area contributed by atoms with Gasteiger partial charge in [-0.25, -0.2) is 17.9 Å². The molecule has 1 aliphatic heterocycles. The van der Waals surface area contributed by atoms with Crippen molar-refractivity contribution in [3.8, 4) is 0 Å². The molecule has 0 bridgehead atoms. The number of nitrogens with zero attached hydrogens (tertiary/aromatic N) is 3. The van der Waals surface area contributed by atoms with Gasteiger partial charge in [0.25, 0.3) is 0 Å². The monoisotopic (exact) mass is 306 g/mol. The number of carbonyl (C=O) groups is 1. The first-order valence-electron chi connectivity index (χ1n) is 6.69. The highest BCUT2D eigenvalue weighted by atomic mass is 32.2. The third kappa shape index (κ3) is 4.92. The normalized spacial score (nSPS) is 19.9. The van der Waals surface area contributed by atoms with E-state index in [1.165, 1.54) is 0 Å². The van der Waals surface area contributed by atoms with Crippen LogP contribution < -0.4 is 4.72 Å². The molecule has 7 nitrogen and oxygen atoms in total. The molecule has 1 rings (SSSR count). The Morgan fingerprint density at radius 2 is 1.90 bits per heavy atom. The predicted octanol–water partition coefficient (Wildman–Crippen LogP) is -0.387. The van der Waals surface area contributed by atoms with Crippen LogP contribution in [0.1, 0.15) is 13.8 Å². The minimum atomic E-state index is -3.15. The van der Waals surface area contributed by atoms with Crippen LogP contribution in [0.25, 0.3) is 0 Å². The van der Waals surface area contributed by atoms with Gasteiger partial charge in [0.05, 0.1) is 6.26 Å². The van der Waals surface area contributed by atoms with Crippen molar-refractivity contribution in [3.63, 3.8) is 0 Å². The second kappa shape index (κ2) is 6.28. The van der Waals surface area contributed by atoms with Gasteiger partial charge in [-0.15, -0.1) is 0 Å². The second-order valence-corrected chi connectivity index (χ2v) is 7.90.